The lowest BCUT2D eigenvalue weighted by molar-refractivity contribution is 0.0996. The number of hydrogen-bond acceptors (Lipinski definition) is 4. The minimum atomic E-state index is -0.652. The second kappa shape index (κ2) is 5.00. The molecule has 1 aromatic carbocycles. The third-order valence-corrected chi connectivity index (χ3v) is 2.95. The van der Waals surface area contributed by atoms with Crippen molar-refractivity contribution in [2.75, 3.05) is 5.73 Å². The monoisotopic (exact) mass is 244 g/mol. The van der Waals surface area contributed by atoms with Crippen LogP contribution >= 0.6 is 0 Å². The molecule has 4 N–H and O–H groups in total. The molecule has 1 amide bonds. The minimum absolute atomic E-state index is 0.0372. The first kappa shape index (κ1) is 12.3. The van der Waals surface area contributed by atoms with E-state index in [9.17, 15) is 4.79 Å². The van der Waals surface area contributed by atoms with Crippen LogP contribution in [-0.4, -0.2) is 16.1 Å². The fourth-order valence-corrected chi connectivity index (χ4v) is 1.96. The van der Waals surface area contributed by atoms with E-state index in [-0.39, 0.29) is 5.69 Å². The number of anilines is 1. The standard InChI is InChI=1S/C13H16N4O/c1-2-3-5-8-6-4-7-9-10(14)12(13(15)18)17-16-11(8)9/h4,6-7H,2-3,5H2,1H3,(H2,14,16)(H2,15,18). The highest BCUT2D eigenvalue weighted by atomic mass is 16.1. The van der Waals surface area contributed by atoms with Gasteiger partial charge in [0.2, 0.25) is 0 Å². The fraction of sp³-hybridized carbons (Fsp3) is 0.308. The number of primary amides is 1. The average molecular weight is 244 g/mol. The Balaban J connectivity index is 2.59. The summed E-state index contributed by atoms with van der Waals surface area (Å²) in [4.78, 5) is 11.2. The normalized spacial score (nSPS) is 10.7. The van der Waals surface area contributed by atoms with E-state index in [2.05, 4.69) is 17.1 Å². The predicted molar refractivity (Wildman–Crippen MR) is 71.1 cm³/mol. The summed E-state index contributed by atoms with van der Waals surface area (Å²) in [7, 11) is 0. The molecule has 0 aliphatic carbocycles. The first-order chi connectivity index (χ1) is 8.65. The Kier molecular flexibility index (Phi) is 3.41. The zero-order valence-corrected chi connectivity index (χ0v) is 10.3. The van der Waals surface area contributed by atoms with Gasteiger partial charge in [-0.05, 0) is 18.4 Å². The number of nitrogen functional groups attached to an aromatic ring is 1. The van der Waals surface area contributed by atoms with Crippen LogP contribution in [0, 0.1) is 0 Å². The van der Waals surface area contributed by atoms with Gasteiger partial charge in [0, 0.05) is 5.39 Å². The van der Waals surface area contributed by atoms with Crippen molar-refractivity contribution >= 4 is 22.5 Å². The van der Waals surface area contributed by atoms with Gasteiger partial charge in [-0.15, -0.1) is 10.2 Å². The van der Waals surface area contributed by atoms with E-state index in [1.165, 1.54) is 0 Å². The maximum absolute atomic E-state index is 11.2. The molecule has 0 saturated heterocycles. The molecule has 0 unspecified atom stereocenters. The summed E-state index contributed by atoms with van der Waals surface area (Å²) in [6.45, 7) is 2.14. The van der Waals surface area contributed by atoms with Crippen molar-refractivity contribution in [3.8, 4) is 0 Å². The SMILES string of the molecule is CCCCc1cccc2c(N)c(C(N)=O)nnc12. The van der Waals surface area contributed by atoms with E-state index in [1.54, 1.807) is 0 Å². The topological polar surface area (TPSA) is 94.9 Å². The van der Waals surface area contributed by atoms with Crippen LogP contribution < -0.4 is 11.5 Å². The Morgan fingerprint density at radius 3 is 2.78 bits per heavy atom. The van der Waals surface area contributed by atoms with Crippen LogP contribution in [0.15, 0.2) is 18.2 Å². The zero-order chi connectivity index (χ0) is 13.1. The summed E-state index contributed by atoms with van der Waals surface area (Å²) in [5, 5.41) is 8.65. The van der Waals surface area contributed by atoms with Crippen molar-refractivity contribution in [1.82, 2.24) is 10.2 Å². The van der Waals surface area contributed by atoms with E-state index in [0.717, 1.165) is 35.7 Å². The quantitative estimate of drug-likeness (QED) is 0.854. The average Bonchev–Trinajstić information content (AvgIpc) is 2.36. The van der Waals surface area contributed by atoms with Gasteiger partial charge in [0.05, 0.1) is 11.2 Å². The van der Waals surface area contributed by atoms with Crippen molar-refractivity contribution in [2.45, 2.75) is 26.2 Å². The zero-order valence-electron chi connectivity index (χ0n) is 10.3. The first-order valence-electron chi connectivity index (χ1n) is 5.98. The molecule has 0 saturated carbocycles. The maximum atomic E-state index is 11.2. The van der Waals surface area contributed by atoms with Crippen LogP contribution in [0.5, 0.6) is 0 Å². The second-order valence-electron chi connectivity index (χ2n) is 4.24. The Morgan fingerprint density at radius 1 is 1.33 bits per heavy atom. The van der Waals surface area contributed by atoms with Gasteiger partial charge in [-0.3, -0.25) is 4.79 Å². The van der Waals surface area contributed by atoms with E-state index in [1.807, 2.05) is 18.2 Å². The summed E-state index contributed by atoms with van der Waals surface area (Å²) < 4.78 is 0. The number of fused-ring (bicyclic) bond motifs is 1. The molecule has 0 spiro atoms. The third-order valence-electron chi connectivity index (χ3n) is 2.95. The number of aromatic nitrogens is 2. The molecular formula is C13H16N4O. The van der Waals surface area contributed by atoms with E-state index in [4.69, 9.17) is 11.5 Å². The van der Waals surface area contributed by atoms with Crippen LogP contribution in [0.3, 0.4) is 0 Å². The number of rotatable bonds is 4. The largest absolute Gasteiger partial charge is 0.396 e. The van der Waals surface area contributed by atoms with Crippen LogP contribution in [0.25, 0.3) is 10.9 Å². The molecule has 0 bridgehead atoms. The van der Waals surface area contributed by atoms with Crippen molar-refractivity contribution < 1.29 is 4.79 Å². The van der Waals surface area contributed by atoms with Crippen LogP contribution in [0.1, 0.15) is 35.8 Å². The summed E-state index contributed by atoms with van der Waals surface area (Å²) >= 11 is 0. The number of carbonyl (C=O) groups excluding carboxylic acids is 1. The Morgan fingerprint density at radius 2 is 2.11 bits per heavy atom. The Bertz CT molecular complexity index is 595. The lowest BCUT2D eigenvalue weighted by Gasteiger charge is -2.08. The number of benzene rings is 1. The third kappa shape index (κ3) is 2.11. The van der Waals surface area contributed by atoms with Gasteiger partial charge in [-0.25, -0.2) is 0 Å². The number of aryl methyl sites for hydroxylation is 1. The molecule has 1 aromatic heterocycles. The highest BCUT2D eigenvalue weighted by molar-refractivity contribution is 6.04. The van der Waals surface area contributed by atoms with Crippen LogP contribution in [0.2, 0.25) is 0 Å². The summed E-state index contributed by atoms with van der Waals surface area (Å²) in [5.74, 6) is -0.652. The molecule has 18 heavy (non-hydrogen) atoms. The van der Waals surface area contributed by atoms with Crippen LogP contribution in [-0.2, 0) is 6.42 Å². The molecule has 94 valence electrons. The molecule has 0 atom stereocenters. The number of nitrogens with two attached hydrogens (primary N) is 2. The number of nitrogens with zero attached hydrogens (tertiary/aromatic N) is 2. The van der Waals surface area contributed by atoms with E-state index >= 15 is 0 Å². The fourth-order valence-electron chi connectivity index (χ4n) is 1.96. The molecular weight excluding hydrogens is 228 g/mol. The molecule has 5 heteroatoms. The minimum Gasteiger partial charge on any atom is -0.396 e. The predicted octanol–water partition coefficient (Wildman–Crippen LogP) is 1.65. The Labute approximate surface area is 105 Å². The second-order valence-corrected chi connectivity index (χ2v) is 4.24. The smallest absolute Gasteiger partial charge is 0.271 e. The van der Waals surface area contributed by atoms with Gasteiger partial charge < -0.3 is 11.5 Å². The molecule has 1 heterocycles. The van der Waals surface area contributed by atoms with Gasteiger partial charge in [0.25, 0.3) is 5.91 Å². The molecule has 2 rings (SSSR count). The first-order valence-corrected chi connectivity index (χ1v) is 5.98. The number of unbranched alkanes of at least 4 members (excludes halogenated alkanes) is 1. The highest BCUT2D eigenvalue weighted by Gasteiger charge is 2.13. The molecule has 5 nitrogen and oxygen atoms in total. The number of hydrogen-bond donors (Lipinski definition) is 2. The number of amides is 1. The van der Waals surface area contributed by atoms with Crippen molar-refractivity contribution in [3.05, 3.63) is 29.5 Å². The maximum Gasteiger partial charge on any atom is 0.271 e. The van der Waals surface area contributed by atoms with Gasteiger partial charge in [-0.2, -0.15) is 0 Å². The molecule has 2 aromatic rings. The lowest BCUT2D eigenvalue weighted by atomic mass is 10.0. The van der Waals surface area contributed by atoms with Gasteiger partial charge in [0.1, 0.15) is 0 Å². The summed E-state index contributed by atoms with van der Waals surface area (Å²) in [6, 6.07) is 5.76. The molecule has 0 radical (unpaired) electrons. The van der Waals surface area contributed by atoms with E-state index < -0.39 is 5.91 Å². The highest BCUT2D eigenvalue weighted by Crippen LogP contribution is 2.24. The van der Waals surface area contributed by atoms with Crippen molar-refractivity contribution in [2.24, 2.45) is 5.73 Å². The summed E-state index contributed by atoms with van der Waals surface area (Å²) in [5.41, 5.74) is 13.3. The Hall–Kier alpha value is -2.17. The summed E-state index contributed by atoms with van der Waals surface area (Å²) in [6.07, 6.45) is 3.12. The molecule has 0 aliphatic heterocycles. The van der Waals surface area contributed by atoms with Crippen molar-refractivity contribution in [1.29, 1.82) is 0 Å². The van der Waals surface area contributed by atoms with Crippen LogP contribution in [0.4, 0.5) is 5.69 Å². The van der Waals surface area contributed by atoms with Gasteiger partial charge in [-0.1, -0.05) is 31.5 Å². The van der Waals surface area contributed by atoms with E-state index in [0.29, 0.717) is 5.69 Å². The van der Waals surface area contributed by atoms with Gasteiger partial charge in [0.15, 0.2) is 5.69 Å². The number of carbonyl (C=O) groups is 1. The lowest BCUT2D eigenvalue weighted by Crippen LogP contribution is -2.17. The van der Waals surface area contributed by atoms with Crippen molar-refractivity contribution in [3.63, 3.8) is 0 Å². The van der Waals surface area contributed by atoms with Gasteiger partial charge >= 0.3 is 0 Å². The molecule has 0 aliphatic rings. The molecule has 0 fully saturated rings.